The Labute approximate surface area is 139 Å². The van der Waals surface area contributed by atoms with Gasteiger partial charge in [0.2, 0.25) is 0 Å². The Morgan fingerprint density at radius 1 is 1.29 bits per heavy atom. The van der Waals surface area contributed by atoms with Gasteiger partial charge in [0.25, 0.3) is 11.8 Å². The van der Waals surface area contributed by atoms with Crippen molar-refractivity contribution in [2.75, 3.05) is 17.2 Å². The van der Waals surface area contributed by atoms with Crippen LogP contribution in [0.2, 0.25) is 0 Å². The number of carbonyl (C=O) groups excluding carboxylic acids is 2. The fraction of sp³-hybridized carbons (Fsp3) is 0.222. The number of ether oxygens (including phenoxy) is 2. The van der Waals surface area contributed by atoms with Crippen LogP contribution in [-0.4, -0.2) is 24.5 Å². The Hall–Kier alpha value is -3.02. The summed E-state index contributed by atoms with van der Waals surface area (Å²) in [6, 6.07) is 12.6. The molecule has 1 atom stereocenters. The van der Waals surface area contributed by atoms with Gasteiger partial charge in [-0.25, -0.2) is 0 Å². The van der Waals surface area contributed by atoms with Gasteiger partial charge in [0.05, 0.1) is 5.69 Å². The standard InChI is InChI=1S/C18H18N2O4/c1-11-4-3-5-14(8-11)23-10-17(21)19-13-6-7-16-15(9-13)20-18(22)12(2)24-16/h3-9,12H,10H2,1-2H3,(H,19,21)(H,20,22)/t12-/m0/s1. The molecular weight excluding hydrogens is 308 g/mol. The van der Waals surface area contributed by atoms with Gasteiger partial charge in [-0.05, 0) is 49.7 Å². The lowest BCUT2D eigenvalue weighted by Crippen LogP contribution is -2.34. The first-order chi connectivity index (χ1) is 11.5. The zero-order valence-corrected chi connectivity index (χ0v) is 13.5. The van der Waals surface area contributed by atoms with Crippen molar-refractivity contribution < 1.29 is 19.1 Å². The van der Waals surface area contributed by atoms with E-state index in [1.54, 1.807) is 31.2 Å². The van der Waals surface area contributed by atoms with E-state index >= 15 is 0 Å². The molecule has 24 heavy (non-hydrogen) atoms. The lowest BCUT2D eigenvalue weighted by molar-refractivity contribution is -0.122. The van der Waals surface area contributed by atoms with Crippen molar-refractivity contribution in [2.45, 2.75) is 20.0 Å². The minimum atomic E-state index is -0.527. The summed E-state index contributed by atoms with van der Waals surface area (Å²) in [6.07, 6.45) is -0.527. The van der Waals surface area contributed by atoms with E-state index in [1.165, 1.54) is 0 Å². The van der Waals surface area contributed by atoms with Crippen LogP contribution in [0.15, 0.2) is 42.5 Å². The maximum Gasteiger partial charge on any atom is 0.265 e. The van der Waals surface area contributed by atoms with Gasteiger partial charge >= 0.3 is 0 Å². The molecule has 0 fully saturated rings. The third kappa shape index (κ3) is 3.65. The highest BCUT2D eigenvalue weighted by atomic mass is 16.5. The van der Waals surface area contributed by atoms with E-state index < -0.39 is 6.10 Å². The van der Waals surface area contributed by atoms with Gasteiger partial charge in [0, 0.05) is 5.69 Å². The van der Waals surface area contributed by atoms with Gasteiger partial charge < -0.3 is 20.1 Å². The van der Waals surface area contributed by atoms with Crippen LogP contribution < -0.4 is 20.1 Å². The molecule has 0 aliphatic carbocycles. The number of fused-ring (bicyclic) bond motifs is 1. The van der Waals surface area contributed by atoms with Gasteiger partial charge in [-0.3, -0.25) is 9.59 Å². The van der Waals surface area contributed by atoms with E-state index in [4.69, 9.17) is 9.47 Å². The van der Waals surface area contributed by atoms with Crippen molar-refractivity contribution in [2.24, 2.45) is 0 Å². The monoisotopic (exact) mass is 326 g/mol. The summed E-state index contributed by atoms with van der Waals surface area (Å²) >= 11 is 0. The molecule has 2 aromatic rings. The minimum absolute atomic E-state index is 0.0968. The largest absolute Gasteiger partial charge is 0.484 e. The summed E-state index contributed by atoms with van der Waals surface area (Å²) in [7, 11) is 0. The number of benzene rings is 2. The van der Waals surface area contributed by atoms with E-state index in [-0.39, 0.29) is 18.4 Å². The van der Waals surface area contributed by atoms with Crippen molar-refractivity contribution in [3.8, 4) is 11.5 Å². The van der Waals surface area contributed by atoms with Crippen molar-refractivity contribution in [1.82, 2.24) is 0 Å². The first-order valence-corrected chi connectivity index (χ1v) is 7.62. The fourth-order valence-corrected chi connectivity index (χ4v) is 2.34. The van der Waals surface area contributed by atoms with E-state index in [1.807, 2.05) is 25.1 Å². The molecule has 3 rings (SSSR count). The molecule has 0 radical (unpaired) electrons. The molecule has 124 valence electrons. The van der Waals surface area contributed by atoms with Crippen molar-refractivity contribution >= 4 is 23.2 Å². The molecule has 2 amide bonds. The third-order valence-electron chi connectivity index (χ3n) is 3.55. The molecule has 0 bridgehead atoms. The van der Waals surface area contributed by atoms with Gasteiger partial charge in [0.1, 0.15) is 11.5 Å². The molecule has 0 aromatic heterocycles. The Bertz CT molecular complexity index is 788. The lowest BCUT2D eigenvalue weighted by Gasteiger charge is -2.23. The number of hydrogen-bond acceptors (Lipinski definition) is 4. The van der Waals surface area contributed by atoms with Crippen molar-refractivity contribution in [1.29, 1.82) is 0 Å². The second kappa shape index (κ2) is 6.62. The summed E-state index contributed by atoms with van der Waals surface area (Å²) in [4.78, 5) is 23.6. The zero-order valence-electron chi connectivity index (χ0n) is 13.5. The molecule has 2 aromatic carbocycles. The highest BCUT2D eigenvalue weighted by Crippen LogP contribution is 2.32. The number of aryl methyl sites for hydroxylation is 1. The molecular formula is C18H18N2O4. The molecule has 1 aliphatic heterocycles. The molecule has 0 spiro atoms. The number of hydrogen-bond donors (Lipinski definition) is 2. The minimum Gasteiger partial charge on any atom is -0.484 e. The van der Waals surface area contributed by atoms with Gasteiger partial charge in [-0.1, -0.05) is 12.1 Å². The zero-order chi connectivity index (χ0) is 17.1. The van der Waals surface area contributed by atoms with Gasteiger partial charge in [0.15, 0.2) is 12.7 Å². The normalized spacial score (nSPS) is 15.8. The highest BCUT2D eigenvalue weighted by molar-refractivity contribution is 5.99. The van der Waals surface area contributed by atoms with Crippen LogP contribution in [0.1, 0.15) is 12.5 Å². The number of rotatable bonds is 4. The predicted molar refractivity (Wildman–Crippen MR) is 90.5 cm³/mol. The Morgan fingerprint density at radius 2 is 2.12 bits per heavy atom. The molecule has 6 heteroatoms. The smallest absolute Gasteiger partial charge is 0.265 e. The predicted octanol–water partition coefficient (Wildman–Crippen LogP) is 2.73. The maximum absolute atomic E-state index is 12.0. The Morgan fingerprint density at radius 3 is 2.92 bits per heavy atom. The summed E-state index contributed by atoms with van der Waals surface area (Å²) in [5, 5.41) is 5.47. The van der Waals surface area contributed by atoms with Crippen LogP contribution in [-0.2, 0) is 9.59 Å². The van der Waals surface area contributed by atoms with Crippen LogP contribution in [0.25, 0.3) is 0 Å². The fourth-order valence-electron chi connectivity index (χ4n) is 2.34. The van der Waals surface area contributed by atoms with Gasteiger partial charge in [-0.15, -0.1) is 0 Å². The average Bonchev–Trinajstić information content (AvgIpc) is 2.54. The number of amides is 2. The summed E-state index contributed by atoms with van der Waals surface area (Å²) < 4.78 is 10.9. The summed E-state index contributed by atoms with van der Waals surface area (Å²) in [6.45, 7) is 3.54. The second-order valence-corrected chi connectivity index (χ2v) is 5.61. The van der Waals surface area contributed by atoms with Crippen LogP contribution in [0.3, 0.4) is 0 Å². The SMILES string of the molecule is Cc1cccc(OCC(=O)Nc2ccc3c(c2)NC(=O)[C@H](C)O3)c1. The number of carbonyl (C=O) groups is 2. The molecule has 2 N–H and O–H groups in total. The Balaban J connectivity index is 1.61. The number of anilines is 2. The van der Waals surface area contributed by atoms with Crippen LogP contribution >= 0.6 is 0 Å². The maximum atomic E-state index is 12.0. The quantitative estimate of drug-likeness (QED) is 0.906. The molecule has 0 saturated heterocycles. The van der Waals surface area contributed by atoms with E-state index in [0.717, 1.165) is 5.56 Å². The van der Waals surface area contributed by atoms with Gasteiger partial charge in [-0.2, -0.15) is 0 Å². The van der Waals surface area contributed by atoms with E-state index in [2.05, 4.69) is 10.6 Å². The third-order valence-corrected chi connectivity index (χ3v) is 3.55. The molecule has 1 aliphatic rings. The second-order valence-electron chi connectivity index (χ2n) is 5.61. The first kappa shape index (κ1) is 15.9. The van der Waals surface area contributed by atoms with Crippen LogP contribution in [0.4, 0.5) is 11.4 Å². The first-order valence-electron chi connectivity index (χ1n) is 7.62. The Kier molecular flexibility index (Phi) is 4.37. The van der Waals surface area contributed by atoms with Crippen molar-refractivity contribution in [3.05, 3.63) is 48.0 Å². The molecule has 0 unspecified atom stereocenters. The van der Waals surface area contributed by atoms with E-state index in [9.17, 15) is 9.59 Å². The van der Waals surface area contributed by atoms with Crippen LogP contribution in [0, 0.1) is 6.92 Å². The highest BCUT2D eigenvalue weighted by Gasteiger charge is 2.23. The van der Waals surface area contributed by atoms with E-state index in [0.29, 0.717) is 22.9 Å². The van der Waals surface area contributed by atoms with Crippen molar-refractivity contribution in [3.63, 3.8) is 0 Å². The molecule has 1 heterocycles. The summed E-state index contributed by atoms with van der Waals surface area (Å²) in [5.41, 5.74) is 2.16. The molecule has 0 saturated carbocycles. The summed E-state index contributed by atoms with van der Waals surface area (Å²) in [5.74, 6) is 0.725. The van der Waals surface area contributed by atoms with Crippen LogP contribution in [0.5, 0.6) is 11.5 Å². The topological polar surface area (TPSA) is 76.7 Å². The average molecular weight is 326 g/mol. The molecule has 6 nitrogen and oxygen atoms in total. The lowest BCUT2D eigenvalue weighted by atomic mass is 10.2. The number of nitrogens with one attached hydrogen (secondary N) is 2.